The molecule has 0 aromatic carbocycles. The van der Waals surface area contributed by atoms with Crippen LogP contribution in [0.3, 0.4) is 0 Å². The van der Waals surface area contributed by atoms with E-state index in [-0.39, 0.29) is 0 Å². The highest BCUT2D eigenvalue weighted by Gasteiger charge is 2.64. The molecule has 0 aliphatic heterocycles. The molecular formula is C5H8IN. The van der Waals surface area contributed by atoms with E-state index in [1.54, 1.807) is 0 Å². The first kappa shape index (κ1) is 4.56. The number of alkyl halides is 1. The van der Waals surface area contributed by atoms with E-state index in [0.29, 0.717) is 8.96 Å². The van der Waals surface area contributed by atoms with E-state index in [9.17, 15) is 0 Å². The lowest BCUT2D eigenvalue weighted by Crippen LogP contribution is -2.73. The maximum atomic E-state index is 5.77. The molecule has 3 rings (SSSR count). The predicted molar refractivity (Wildman–Crippen MR) is 37.5 cm³/mol. The lowest BCUT2D eigenvalue weighted by Gasteiger charge is -2.66. The Bertz CT molecular complexity index is 89.5. The van der Waals surface area contributed by atoms with Gasteiger partial charge in [-0.15, -0.1) is 0 Å². The van der Waals surface area contributed by atoms with Gasteiger partial charge in [0, 0.05) is 8.96 Å². The van der Waals surface area contributed by atoms with Gasteiger partial charge < -0.3 is 5.73 Å². The fourth-order valence-electron chi connectivity index (χ4n) is 1.74. The van der Waals surface area contributed by atoms with Crippen LogP contribution in [0.5, 0.6) is 0 Å². The normalized spacial score (nSPS) is 66.0. The molecule has 2 bridgehead atoms. The molecule has 2 N–H and O–H groups in total. The molecular weight excluding hydrogens is 201 g/mol. The summed E-state index contributed by atoms with van der Waals surface area (Å²) in [5.74, 6) is 0. The minimum atomic E-state index is 0.321. The van der Waals surface area contributed by atoms with Gasteiger partial charge in [0.15, 0.2) is 0 Å². The van der Waals surface area contributed by atoms with Gasteiger partial charge in [-0.2, -0.15) is 0 Å². The van der Waals surface area contributed by atoms with E-state index >= 15 is 0 Å². The van der Waals surface area contributed by atoms with E-state index in [1.807, 2.05) is 0 Å². The van der Waals surface area contributed by atoms with Gasteiger partial charge in [-0.05, 0) is 19.3 Å². The molecule has 0 aromatic heterocycles. The molecule has 3 saturated carbocycles. The molecule has 0 saturated heterocycles. The predicted octanol–water partition coefficient (Wildman–Crippen LogP) is 1.06. The van der Waals surface area contributed by atoms with Crippen LogP contribution in [0.4, 0.5) is 0 Å². The van der Waals surface area contributed by atoms with Crippen LogP contribution < -0.4 is 5.73 Å². The van der Waals surface area contributed by atoms with Crippen molar-refractivity contribution in [2.24, 2.45) is 5.73 Å². The third-order valence-electron chi connectivity index (χ3n) is 2.01. The summed E-state index contributed by atoms with van der Waals surface area (Å²) in [5.41, 5.74) is 6.09. The Kier molecular flexibility index (Phi) is 0.573. The van der Waals surface area contributed by atoms with Crippen LogP contribution >= 0.6 is 22.6 Å². The van der Waals surface area contributed by atoms with Crippen molar-refractivity contribution in [3.05, 3.63) is 0 Å². The highest BCUT2D eigenvalue weighted by Crippen LogP contribution is 2.64. The molecule has 7 heavy (non-hydrogen) atoms. The molecule has 3 aliphatic carbocycles. The molecule has 0 atom stereocenters. The largest absolute Gasteiger partial charge is 0.325 e. The van der Waals surface area contributed by atoms with Crippen molar-refractivity contribution in [1.29, 1.82) is 0 Å². The van der Waals surface area contributed by atoms with Crippen LogP contribution in [0.1, 0.15) is 19.3 Å². The fourth-order valence-corrected chi connectivity index (χ4v) is 4.02. The number of hydrogen-bond acceptors (Lipinski definition) is 1. The van der Waals surface area contributed by atoms with Crippen molar-refractivity contribution in [2.45, 2.75) is 28.2 Å². The van der Waals surface area contributed by atoms with Crippen molar-refractivity contribution in [3.8, 4) is 0 Å². The van der Waals surface area contributed by atoms with Crippen LogP contribution in [0.25, 0.3) is 0 Å². The standard InChI is InChI=1S/C5H8IN/c6-4-1-5(7,2-4)3-4/h1-3,7H2. The zero-order valence-electron chi connectivity index (χ0n) is 4.08. The van der Waals surface area contributed by atoms with Crippen molar-refractivity contribution in [3.63, 3.8) is 0 Å². The average molecular weight is 209 g/mol. The van der Waals surface area contributed by atoms with Gasteiger partial charge >= 0.3 is 0 Å². The third-order valence-corrected chi connectivity index (χ3v) is 3.15. The SMILES string of the molecule is NC12CC(I)(C1)C2. The summed E-state index contributed by atoms with van der Waals surface area (Å²) < 4.78 is 0.673. The van der Waals surface area contributed by atoms with Gasteiger partial charge in [-0.25, -0.2) is 0 Å². The smallest absolute Gasteiger partial charge is 0.0274 e. The van der Waals surface area contributed by atoms with E-state index in [2.05, 4.69) is 22.6 Å². The Balaban J connectivity index is 2.16. The summed E-state index contributed by atoms with van der Waals surface area (Å²) in [7, 11) is 0. The van der Waals surface area contributed by atoms with Gasteiger partial charge in [-0.1, -0.05) is 22.6 Å². The van der Waals surface area contributed by atoms with Crippen LogP contribution in [0.2, 0.25) is 0 Å². The van der Waals surface area contributed by atoms with Crippen LogP contribution in [-0.2, 0) is 0 Å². The molecule has 3 aliphatic rings. The van der Waals surface area contributed by atoms with Crippen LogP contribution in [0.15, 0.2) is 0 Å². The number of halogens is 1. The summed E-state index contributed by atoms with van der Waals surface area (Å²) in [6.45, 7) is 0. The van der Waals surface area contributed by atoms with E-state index in [0.717, 1.165) is 0 Å². The third kappa shape index (κ3) is 0.421. The zero-order chi connectivity index (χ0) is 5.12. The Morgan fingerprint density at radius 2 is 1.71 bits per heavy atom. The second kappa shape index (κ2) is 0.880. The summed E-state index contributed by atoms with van der Waals surface area (Å²) in [4.78, 5) is 0. The van der Waals surface area contributed by atoms with Crippen LogP contribution in [-0.4, -0.2) is 8.96 Å². The number of nitrogens with two attached hydrogens (primary N) is 1. The topological polar surface area (TPSA) is 26.0 Å². The molecule has 1 nitrogen and oxygen atoms in total. The van der Waals surface area contributed by atoms with Gasteiger partial charge in [0.25, 0.3) is 0 Å². The van der Waals surface area contributed by atoms with Crippen molar-refractivity contribution in [2.75, 3.05) is 0 Å². The van der Waals surface area contributed by atoms with E-state index in [1.165, 1.54) is 19.3 Å². The van der Waals surface area contributed by atoms with Crippen molar-refractivity contribution >= 4 is 22.6 Å². The quantitative estimate of drug-likeness (QED) is 0.468. The summed E-state index contributed by atoms with van der Waals surface area (Å²) in [5, 5.41) is 0. The Morgan fingerprint density at radius 1 is 1.29 bits per heavy atom. The Hall–Kier alpha value is 0.690. The van der Waals surface area contributed by atoms with Crippen molar-refractivity contribution < 1.29 is 0 Å². The molecule has 0 aromatic rings. The molecule has 3 fully saturated rings. The molecule has 2 heteroatoms. The first-order chi connectivity index (χ1) is 3.12. The Morgan fingerprint density at radius 3 is 1.71 bits per heavy atom. The van der Waals surface area contributed by atoms with Gasteiger partial charge in [0.2, 0.25) is 0 Å². The second-order valence-electron chi connectivity index (χ2n) is 3.04. The average Bonchev–Trinajstić information content (AvgIpc) is 1.27. The lowest BCUT2D eigenvalue weighted by molar-refractivity contribution is 0.0321. The minimum absolute atomic E-state index is 0.321. The lowest BCUT2D eigenvalue weighted by atomic mass is 9.50. The number of hydrogen-bond donors (Lipinski definition) is 1. The van der Waals surface area contributed by atoms with Crippen LogP contribution in [0, 0.1) is 0 Å². The molecule has 0 spiro atoms. The monoisotopic (exact) mass is 209 g/mol. The first-order valence-corrected chi connectivity index (χ1v) is 3.68. The molecule has 0 radical (unpaired) electrons. The molecule has 0 unspecified atom stereocenters. The van der Waals surface area contributed by atoms with Gasteiger partial charge in [-0.3, -0.25) is 0 Å². The minimum Gasteiger partial charge on any atom is -0.325 e. The summed E-state index contributed by atoms with van der Waals surface area (Å²) in [6.07, 6.45) is 3.84. The molecule has 40 valence electrons. The van der Waals surface area contributed by atoms with Gasteiger partial charge in [0.1, 0.15) is 0 Å². The first-order valence-electron chi connectivity index (χ1n) is 2.60. The summed E-state index contributed by atoms with van der Waals surface area (Å²) in [6, 6.07) is 0. The fraction of sp³-hybridized carbons (Fsp3) is 1.00. The molecule has 0 amide bonds. The Labute approximate surface area is 56.8 Å². The second-order valence-corrected chi connectivity index (χ2v) is 5.33. The molecule has 0 heterocycles. The van der Waals surface area contributed by atoms with E-state index in [4.69, 9.17) is 5.73 Å². The highest BCUT2D eigenvalue weighted by atomic mass is 127. The van der Waals surface area contributed by atoms with Crippen molar-refractivity contribution in [1.82, 2.24) is 0 Å². The maximum absolute atomic E-state index is 5.77. The number of rotatable bonds is 0. The highest BCUT2D eigenvalue weighted by molar-refractivity contribution is 14.1. The van der Waals surface area contributed by atoms with Gasteiger partial charge in [0.05, 0.1) is 0 Å². The zero-order valence-corrected chi connectivity index (χ0v) is 6.23. The maximum Gasteiger partial charge on any atom is 0.0274 e. The summed E-state index contributed by atoms with van der Waals surface area (Å²) >= 11 is 2.52. The van der Waals surface area contributed by atoms with E-state index < -0.39 is 0 Å².